The van der Waals surface area contributed by atoms with Crippen molar-refractivity contribution in [2.45, 2.75) is 25.3 Å². The molecule has 16 heavy (non-hydrogen) atoms. The van der Waals surface area contributed by atoms with E-state index in [0.717, 1.165) is 25.1 Å². The maximum absolute atomic E-state index is 10.4. The summed E-state index contributed by atoms with van der Waals surface area (Å²) in [6.45, 7) is 2.13. The third-order valence-corrected chi connectivity index (χ3v) is 3.02. The minimum Gasteiger partial charge on any atom is -0.481 e. The number of likely N-dealkylation sites (tertiary alicyclic amines) is 1. The summed E-state index contributed by atoms with van der Waals surface area (Å²) in [6.07, 6.45) is 5.62. The molecule has 5 nitrogen and oxygen atoms in total. The topological polar surface area (TPSA) is 58.4 Å². The lowest BCUT2D eigenvalue weighted by atomic mass is 10.2. The Kier molecular flexibility index (Phi) is 3.24. The zero-order valence-corrected chi connectivity index (χ0v) is 9.46. The molecule has 0 bridgehead atoms. The fourth-order valence-electron chi connectivity index (χ4n) is 2.09. The van der Waals surface area contributed by atoms with E-state index in [4.69, 9.17) is 5.11 Å². The van der Waals surface area contributed by atoms with Crippen LogP contribution < -0.4 is 0 Å². The Balaban J connectivity index is 1.94. The van der Waals surface area contributed by atoms with Gasteiger partial charge >= 0.3 is 5.97 Å². The number of aliphatic carboxylic acids is 1. The number of aromatic nitrogens is 2. The first kappa shape index (κ1) is 11.1. The largest absolute Gasteiger partial charge is 0.481 e. The lowest BCUT2D eigenvalue weighted by Gasteiger charge is -2.10. The van der Waals surface area contributed by atoms with Crippen LogP contribution >= 0.6 is 0 Å². The van der Waals surface area contributed by atoms with Crippen LogP contribution in [0.3, 0.4) is 0 Å². The van der Waals surface area contributed by atoms with Crippen LogP contribution in [-0.2, 0) is 11.2 Å². The minimum atomic E-state index is -0.756. The summed E-state index contributed by atoms with van der Waals surface area (Å²) in [6, 6.07) is 0.448. The van der Waals surface area contributed by atoms with Crippen molar-refractivity contribution >= 4 is 5.97 Å². The molecule has 0 aliphatic carbocycles. The summed E-state index contributed by atoms with van der Waals surface area (Å²) in [5.41, 5.74) is 1.01. The van der Waals surface area contributed by atoms with E-state index in [0.29, 0.717) is 12.5 Å². The molecule has 1 N–H and O–H groups in total. The second-order valence-corrected chi connectivity index (χ2v) is 4.43. The van der Waals surface area contributed by atoms with Crippen molar-refractivity contribution < 1.29 is 9.90 Å². The van der Waals surface area contributed by atoms with Crippen LogP contribution in [0.5, 0.6) is 0 Å². The molecule has 2 heterocycles. The first-order valence-electron chi connectivity index (χ1n) is 5.58. The van der Waals surface area contributed by atoms with Crippen LogP contribution in [0.25, 0.3) is 0 Å². The van der Waals surface area contributed by atoms with Crippen LogP contribution in [-0.4, -0.2) is 45.9 Å². The third-order valence-electron chi connectivity index (χ3n) is 3.02. The Hall–Kier alpha value is -1.36. The summed E-state index contributed by atoms with van der Waals surface area (Å²) in [4.78, 5) is 12.7. The lowest BCUT2D eigenvalue weighted by molar-refractivity contribution is -0.136. The van der Waals surface area contributed by atoms with E-state index in [-0.39, 0.29) is 6.42 Å². The van der Waals surface area contributed by atoms with Crippen LogP contribution in [0.1, 0.15) is 24.4 Å². The van der Waals surface area contributed by atoms with Gasteiger partial charge in [-0.1, -0.05) is 0 Å². The maximum Gasteiger partial charge on any atom is 0.303 e. The van der Waals surface area contributed by atoms with E-state index in [2.05, 4.69) is 17.0 Å². The first-order valence-corrected chi connectivity index (χ1v) is 5.58. The second-order valence-electron chi connectivity index (χ2n) is 4.43. The Morgan fingerprint density at radius 2 is 2.50 bits per heavy atom. The SMILES string of the molecule is CN1CCC(n2cc(CCC(=O)O)cn2)C1. The Labute approximate surface area is 94.7 Å². The third kappa shape index (κ3) is 2.61. The molecule has 1 saturated heterocycles. The van der Waals surface area contributed by atoms with E-state index in [1.54, 1.807) is 6.20 Å². The predicted molar refractivity (Wildman–Crippen MR) is 59.3 cm³/mol. The summed E-state index contributed by atoms with van der Waals surface area (Å²) < 4.78 is 1.97. The zero-order chi connectivity index (χ0) is 11.5. The molecule has 88 valence electrons. The quantitative estimate of drug-likeness (QED) is 0.819. The molecule has 0 aromatic carbocycles. The number of hydrogen-bond acceptors (Lipinski definition) is 3. The van der Waals surface area contributed by atoms with Gasteiger partial charge in [0.1, 0.15) is 0 Å². The van der Waals surface area contributed by atoms with E-state index in [1.807, 2.05) is 10.9 Å². The van der Waals surface area contributed by atoms with Gasteiger partial charge in [0.05, 0.1) is 12.2 Å². The maximum atomic E-state index is 10.4. The number of likely N-dealkylation sites (N-methyl/N-ethyl adjacent to an activating group) is 1. The van der Waals surface area contributed by atoms with Gasteiger partial charge in [0.15, 0.2) is 0 Å². The Bertz CT molecular complexity index is 375. The van der Waals surface area contributed by atoms with Gasteiger partial charge in [-0.3, -0.25) is 9.48 Å². The van der Waals surface area contributed by atoms with E-state index in [1.165, 1.54) is 0 Å². The van der Waals surface area contributed by atoms with Gasteiger partial charge < -0.3 is 10.0 Å². The highest BCUT2D eigenvalue weighted by Gasteiger charge is 2.21. The van der Waals surface area contributed by atoms with Crippen molar-refractivity contribution in [1.82, 2.24) is 14.7 Å². The highest BCUT2D eigenvalue weighted by atomic mass is 16.4. The van der Waals surface area contributed by atoms with Gasteiger partial charge in [-0.2, -0.15) is 5.10 Å². The van der Waals surface area contributed by atoms with E-state index < -0.39 is 5.97 Å². The van der Waals surface area contributed by atoms with Gasteiger partial charge in [-0.25, -0.2) is 0 Å². The summed E-state index contributed by atoms with van der Waals surface area (Å²) in [5, 5.41) is 12.9. The molecule has 5 heteroatoms. The normalized spacial score (nSPS) is 21.4. The number of nitrogens with zero attached hydrogens (tertiary/aromatic N) is 3. The number of rotatable bonds is 4. The standard InChI is InChI=1S/C11H17N3O2/c1-13-5-4-10(8-13)14-7-9(6-12-14)2-3-11(15)16/h6-7,10H,2-5,8H2,1H3,(H,15,16). The number of aryl methyl sites for hydroxylation is 1. The monoisotopic (exact) mass is 223 g/mol. The van der Waals surface area contributed by atoms with Gasteiger partial charge in [0.25, 0.3) is 0 Å². The zero-order valence-electron chi connectivity index (χ0n) is 9.46. The molecular formula is C11H17N3O2. The average Bonchev–Trinajstić information content (AvgIpc) is 2.83. The lowest BCUT2D eigenvalue weighted by Crippen LogP contribution is -2.16. The van der Waals surface area contributed by atoms with Crippen LogP contribution in [0.4, 0.5) is 0 Å². The number of carbonyl (C=O) groups is 1. The molecule has 1 aliphatic heterocycles. The van der Waals surface area contributed by atoms with E-state index >= 15 is 0 Å². The smallest absolute Gasteiger partial charge is 0.303 e. The first-order chi connectivity index (χ1) is 7.65. The second kappa shape index (κ2) is 4.65. The minimum absolute atomic E-state index is 0.177. The molecular weight excluding hydrogens is 206 g/mol. The van der Waals surface area contributed by atoms with Gasteiger partial charge in [-0.05, 0) is 32.0 Å². The van der Waals surface area contributed by atoms with Crippen LogP contribution in [0.2, 0.25) is 0 Å². The Morgan fingerprint density at radius 1 is 1.69 bits per heavy atom. The molecule has 1 atom stereocenters. The molecule has 2 rings (SSSR count). The molecule has 1 aliphatic rings. The summed E-state index contributed by atoms with van der Waals surface area (Å²) in [7, 11) is 2.11. The summed E-state index contributed by atoms with van der Waals surface area (Å²) in [5.74, 6) is -0.756. The number of carboxylic acids is 1. The molecule has 0 amide bonds. The Morgan fingerprint density at radius 3 is 3.12 bits per heavy atom. The number of hydrogen-bond donors (Lipinski definition) is 1. The van der Waals surface area contributed by atoms with Crippen molar-refractivity contribution in [2.75, 3.05) is 20.1 Å². The summed E-state index contributed by atoms with van der Waals surface area (Å²) >= 11 is 0. The van der Waals surface area contributed by atoms with Crippen molar-refractivity contribution in [1.29, 1.82) is 0 Å². The molecule has 1 unspecified atom stereocenters. The fraction of sp³-hybridized carbons (Fsp3) is 0.636. The van der Waals surface area contributed by atoms with Crippen molar-refractivity contribution in [3.63, 3.8) is 0 Å². The van der Waals surface area contributed by atoms with E-state index in [9.17, 15) is 4.79 Å². The molecule has 1 aromatic heterocycles. The molecule has 0 radical (unpaired) electrons. The molecule has 0 saturated carbocycles. The highest BCUT2D eigenvalue weighted by Crippen LogP contribution is 2.19. The van der Waals surface area contributed by atoms with Crippen LogP contribution in [0, 0.1) is 0 Å². The van der Waals surface area contributed by atoms with Gasteiger partial charge in [0, 0.05) is 19.2 Å². The van der Waals surface area contributed by atoms with Crippen molar-refractivity contribution in [3.05, 3.63) is 18.0 Å². The fourth-order valence-corrected chi connectivity index (χ4v) is 2.09. The number of carboxylic acid groups (broad SMARTS) is 1. The van der Waals surface area contributed by atoms with Gasteiger partial charge in [0.2, 0.25) is 0 Å². The van der Waals surface area contributed by atoms with Crippen molar-refractivity contribution in [3.8, 4) is 0 Å². The average molecular weight is 223 g/mol. The predicted octanol–water partition coefficient (Wildman–Crippen LogP) is 0.777. The molecule has 1 fully saturated rings. The van der Waals surface area contributed by atoms with Crippen LogP contribution in [0.15, 0.2) is 12.4 Å². The highest BCUT2D eigenvalue weighted by molar-refractivity contribution is 5.67. The van der Waals surface area contributed by atoms with Gasteiger partial charge in [-0.15, -0.1) is 0 Å². The molecule has 0 spiro atoms. The molecule has 1 aromatic rings. The van der Waals surface area contributed by atoms with Crippen molar-refractivity contribution in [2.24, 2.45) is 0 Å².